The van der Waals surface area contributed by atoms with Gasteiger partial charge in [-0.15, -0.1) is 12.6 Å². The van der Waals surface area contributed by atoms with Crippen LogP contribution in [0.25, 0.3) is 0 Å². The van der Waals surface area contributed by atoms with Crippen molar-refractivity contribution < 1.29 is 4.79 Å². The van der Waals surface area contributed by atoms with Gasteiger partial charge in [0.15, 0.2) is 5.78 Å². The van der Waals surface area contributed by atoms with Gasteiger partial charge >= 0.3 is 0 Å². The van der Waals surface area contributed by atoms with E-state index >= 15 is 0 Å². The zero-order valence-corrected chi connectivity index (χ0v) is 24.6. The summed E-state index contributed by atoms with van der Waals surface area (Å²) in [5, 5.41) is 0.595. The molecule has 0 N–H and O–H groups in total. The van der Waals surface area contributed by atoms with Crippen LogP contribution in [0.5, 0.6) is 0 Å². The third-order valence-electron chi connectivity index (χ3n) is 4.81. The molecule has 0 aliphatic rings. The molecule has 0 saturated carbocycles. The van der Waals surface area contributed by atoms with Crippen molar-refractivity contribution in [2.75, 3.05) is 0 Å². The van der Waals surface area contributed by atoms with Gasteiger partial charge in [0.1, 0.15) is 0 Å². The molecule has 0 aliphatic heterocycles. The molecule has 0 saturated heterocycles. The minimum Gasteiger partial charge on any atom is -0.289 e. The largest absolute Gasteiger partial charge is 0.289 e. The predicted molar refractivity (Wildman–Crippen MR) is 164 cm³/mol. The van der Waals surface area contributed by atoms with Crippen LogP contribution in [0, 0.1) is 6.92 Å². The van der Waals surface area contributed by atoms with E-state index in [0.717, 1.165) is 21.1 Å². The fourth-order valence-corrected chi connectivity index (χ4v) is 4.11. The van der Waals surface area contributed by atoms with Crippen LogP contribution in [-0.2, 0) is 0 Å². The van der Waals surface area contributed by atoms with Gasteiger partial charge in [-0.05, 0) is 76.3 Å². The number of hydrogen-bond acceptors (Lipinski definition) is 3. The maximum absolute atomic E-state index is 12.4. The first-order valence-electron chi connectivity index (χ1n) is 12.0. The summed E-state index contributed by atoms with van der Waals surface area (Å²) in [5.74, 6) is -0.0145. The zero-order valence-electron chi connectivity index (χ0n) is 22.1. The van der Waals surface area contributed by atoms with Gasteiger partial charge in [-0.2, -0.15) is 0 Å². The Morgan fingerprint density at radius 2 is 1.56 bits per heavy atom. The summed E-state index contributed by atoms with van der Waals surface area (Å²) in [5.41, 5.74) is 3.88. The van der Waals surface area contributed by atoms with Crippen molar-refractivity contribution in [3.8, 4) is 0 Å². The molecule has 0 amide bonds. The zero-order chi connectivity index (χ0) is 26.9. The summed E-state index contributed by atoms with van der Waals surface area (Å²) in [6, 6.07) is 23.0. The monoisotopic (exact) mass is 536 g/mol. The lowest BCUT2D eigenvalue weighted by molar-refractivity contribution is 0.103. The number of hydrogen-bond donors (Lipinski definition) is 1. The van der Waals surface area contributed by atoms with E-state index in [9.17, 15) is 4.79 Å². The molecule has 0 heterocycles. The number of thiol groups is 1. The average Bonchev–Trinajstić information content (AvgIpc) is 2.87. The fourth-order valence-electron chi connectivity index (χ4n) is 2.66. The summed E-state index contributed by atoms with van der Waals surface area (Å²) in [4.78, 5) is 15.6. The molecule has 3 rings (SSSR count). The van der Waals surface area contributed by atoms with E-state index in [1.807, 2.05) is 68.5 Å². The Hall–Kier alpha value is -2.46. The van der Waals surface area contributed by atoms with Gasteiger partial charge in [0.25, 0.3) is 0 Å². The summed E-state index contributed by atoms with van der Waals surface area (Å²) in [6.45, 7) is 12.3. The highest BCUT2D eigenvalue weighted by atomic mass is 35.5. The molecule has 3 aromatic rings. The van der Waals surface area contributed by atoms with E-state index in [4.69, 9.17) is 11.6 Å². The van der Waals surface area contributed by atoms with Crippen molar-refractivity contribution in [2.45, 2.75) is 57.8 Å². The van der Waals surface area contributed by atoms with Crippen LogP contribution >= 0.6 is 36.0 Å². The van der Waals surface area contributed by atoms with Gasteiger partial charge in [-0.3, -0.25) is 4.79 Å². The molecule has 1 nitrogen and oxygen atoms in total. The number of carbonyl (C=O) groups is 1. The third kappa shape index (κ3) is 12.5. The lowest BCUT2D eigenvalue weighted by Gasteiger charge is -2.07. The second-order valence-corrected chi connectivity index (χ2v) is 10.2. The molecule has 36 heavy (non-hydrogen) atoms. The van der Waals surface area contributed by atoms with Crippen molar-refractivity contribution in [3.05, 3.63) is 129 Å². The third-order valence-corrected chi connectivity index (χ3v) is 6.65. The van der Waals surface area contributed by atoms with Gasteiger partial charge < -0.3 is 0 Å². The topological polar surface area (TPSA) is 17.1 Å². The van der Waals surface area contributed by atoms with E-state index in [1.165, 1.54) is 11.1 Å². The predicted octanol–water partition coefficient (Wildman–Crippen LogP) is 10.8. The van der Waals surface area contributed by atoms with Crippen molar-refractivity contribution >= 4 is 41.8 Å². The highest BCUT2D eigenvalue weighted by Crippen LogP contribution is 2.34. The molecule has 0 radical (unpaired) electrons. The lowest BCUT2D eigenvalue weighted by Crippen LogP contribution is -2.00. The van der Waals surface area contributed by atoms with Gasteiger partial charge in [-0.1, -0.05) is 108 Å². The molecular formula is C32H37ClOS2. The van der Waals surface area contributed by atoms with E-state index in [-0.39, 0.29) is 5.78 Å². The first-order valence-corrected chi connectivity index (χ1v) is 13.6. The van der Waals surface area contributed by atoms with Crippen LogP contribution in [0.3, 0.4) is 0 Å². The summed E-state index contributed by atoms with van der Waals surface area (Å²) < 4.78 is 0. The summed E-state index contributed by atoms with van der Waals surface area (Å²) in [7, 11) is 0. The van der Waals surface area contributed by atoms with Gasteiger partial charge in [0.2, 0.25) is 0 Å². The Bertz CT molecular complexity index is 1160. The smallest absolute Gasteiger partial charge is 0.193 e. The number of aryl methyl sites for hydroxylation is 1. The van der Waals surface area contributed by atoms with E-state index in [1.54, 1.807) is 17.8 Å². The maximum atomic E-state index is 12.4. The standard InChI is InChI=1S/C20H15ClOS.C7H12S.C5H10/c1-14-7-10-17(11-8-14)23-19-12-9-16(13-18(19)21)20(22)15-5-3-2-4-6-15;1-3-5-7(8)6-4-2;1-4-5(2)3/h2-13H,1H3;3,5-6,8H,4H2,1-2H3;4H,1-3H3/b;5-3-,7-6+;. The van der Waals surface area contributed by atoms with Crippen LogP contribution < -0.4 is 0 Å². The molecule has 0 bridgehead atoms. The van der Waals surface area contributed by atoms with E-state index < -0.39 is 0 Å². The minimum absolute atomic E-state index is 0.0145. The number of allylic oxidation sites excluding steroid dienone is 5. The number of benzene rings is 3. The quantitative estimate of drug-likeness (QED) is 0.146. The van der Waals surface area contributed by atoms with Crippen molar-refractivity contribution in [2.24, 2.45) is 0 Å². The molecule has 0 unspecified atom stereocenters. The molecule has 0 fully saturated rings. The van der Waals surface area contributed by atoms with Gasteiger partial charge in [-0.25, -0.2) is 0 Å². The number of halogens is 1. The number of carbonyl (C=O) groups excluding carboxylic acids is 1. The molecule has 0 atom stereocenters. The van der Waals surface area contributed by atoms with Crippen LogP contribution in [0.4, 0.5) is 0 Å². The second kappa shape index (κ2) is 17.9. The normalized spacial score (nSPS) is 10.6. The Morgan fingerprint density at radius 3 is 2.06 bits per heavy atom. The highest BCUT2D eigenvalue weighted by Gasteiger charge is 2.11. The van der Waals surface area contributed by atoms with Crippen LogP contribution in [0.15, 0.2) is 117 Å². The molecule has 190 valence electrons. The lowest BCUT2D eigenvalue weighted by atomic mass is 10.0. The first kappa shape index (κ1) is 31.6. The Balaban J connectivity index is 0.000000414. The maximum Gasteiger partial charge on any atom is 0.193 e. The van der Waals surface area contributed by atoms with Gasteiger partial charge in [0, 0.05) is 20.9 Å². The minimum atomic E-state index is -0.0145. The fraction of sp³-hybridized carbons (Fsp3) is 0.219. The molecule has 0 aromatic heterocycles. The van der Waals surface area contributed by atoms with E-state index in [2.05, 4.69) is 76.7 Å². The van der Waals surface area contributed by atoms with Crippen molar-refractivity contribution in [1.82, 2.24) is 0 Å². The number of ketones is 1. The summed E-state index contributed by atoms with van der Waals surface area (Å²) in [6.07, 6.45) is 9.17. The number of rotatable bonds is 6. The Labute approximate surface area is 232 Å². The molecule has 0 aliphatic carbocycles. The second-order valence-electron chi connectivity index (χ2n) is 8.16. The Morgan fingerprint density at radius 1 is 0.944 bits per heavy atom. The van der Waals surface area contributed by atoms with Crippen molar-refractivity contribution in [3.63, 3.8) is 0 Å². The average molecular weight is 537 g/mol. The molecule has 0 spiro atoms. The summed E-state index contributed by atoms with van der Waals surface area (Å²) >= 11 is 12.1. The first-order chi connectivity index (χ1) is 17.2. The van der Waals surface area contributed by atoms with Crippen molar-refractivity contribution in [1.29, 1.82) is 0 Å². The molecular weight excluding hydrogens is 500 g/mol. The highest BCUT2D eigenvalue weighted by molar-refractivity contribution is 7.99. The van der Waals surface area contributed by atoms with Crippen LogP contribution in [-0.4, -0.2) is 5.78 Å². The molecule has 4 heteroatoms. The van der Waals surface area contributed by atoms with Crippen LogP contribution in [0.1, 0.15) is 62.5 Å². The van der Waals surface area contributed by atoms with E-state index in [0.29, 0.717) is 16.1 Å². The van der Waals surface area contributed by atoms with Crippen LogP contribution in [0.2, 0.25) is 5.02 Å². The molecule has 3 aromatic carbocycles. The van der Waals surface area contributed by atoms with Gasteiger partial charge in [0.05, 0.1) is 5.02 Å². The Kier molecular flexibility index (Phi) is 15.7. The SMILES string of the molecule is C/C=C\C(S)=C/CC.CC=C(C)C.Cc1ccc(Sc2ccc(C(=O)c3ccccc3)cc2Cl)cc1.